The fourth-order valence-corrected chi connectivity index (χ4v) is 10.5. The van der Waals surface area contributed by atoms with Crippen LogP contribution in [0.2, 0.25) is 0 Å². The van der Waals surface area contributed by atoms with Crippen LogP contribution < -0.4 is 14.8 Å². The number of nitrogens with zero attached hydrogens (tertiary/aromatic N) is 2. The van der Waals surface area contributed by atoms with Crippen molar-refractivity contribution in [2.24, 2.45) is 0 Å². The zero-order valence-corrected chi connectivity index (χ0v) is 39.4. The number of piperidine rings is 2. The number of hydrogen-bond acceptors (Lipinski definition) is 11. The summed E-state index contributed by atoms with van der Waals surface area (Å²) in [5.41, 5.74) is 2.17. The number of nitrogens with one attached hydrogen (secondary N) is 1. The summed E-state index contributed by atoms with van der Waals surface area (Å²) in [5, 5.41) is 23.3. The van der Waals surface area contributed by atoms with E-state index in [9.17, 15) is 29.4 Å². The molecule has 2 saturated heterocycles. The second kappa shape index (κ2) is 21.9. The largest absolute Gasteiger partial charge is 0.497 e. The fourth-order valence-electron chi connectivity index (χ4n) is 7.87. The third-order valence-corrected chi connectivity index (χ3v) is 14.8. The van der Waals surface area contributed by atoms with Crippen LogP contribution in [-0.4, -0.2) is 112 Å². The standard InChI is InChI=1S/C48H65N3O10S2/c1-45(2,3)60-43(56)50-25-21-47(22-26-50,41(53)49-40(14-11-29-52)35-12-9-8-10-13-35)63-33-36-17-20-39(59-7)30-37(36)31-46(4,5)61-44(57)51-27-23-48(24-28-51,42(54)55)62-32-34-15-18-38(58-6)19-16-34/h8-10,12-13,15-20,30,40,52H,11,14,21-29,31-33H2,1-7H3,(H,49,53)(H,54,55)/t40-/m0/s1. The molecule has 0 spiro atoms. The summed E-state index contributed by atoms with van der Waals surface area (Å²) in [6, 6.07) is 22.8. The molecule has 3 aromatic rings. The summed E-state index contributed by atoms with van der Waals surface area (Å²) in [6.07, 6.45) is 1.90. The Hall–Kier alpha value is -4.60. The Balaban J connectivity index is 1.29. The van der Waals surface area contributed by atoms with Crippen LogP contribution in [0.15, 0.2) is 72.8 Å². The molecule has 2 aliphatic heterocycles. The second-order valence-corrected chi connectivity index (χ2v) is 20.6. The van der Waals surface area contributed by atoms with Crippen molar-refractivity contribution in [1.82, 2.24) is 15.1 Å². The minimum atomic E-state index is -1.03. The topological polar surface area (TPSA) is 164 Å². The SMILES string of the molecule is COc1ccc(CSC2(C(=O)O)CCN(C(=O)OC(C)(C)Cc3cc(OC)ccc3CSC3(C(=O)N[C@@H](CCCO)c4ccccc4)CCN(C(=O)OC(C)(C)C)CC3)CC2)cc1. The van der Waals surface area contributed by atoms with Crippen LogP contribution in [0.4, 0.5) is 9.59 Å². The highest BCUT2D eigenvalue weighted by Crippen LogP contribution is 2.42. The van der Waals surface area contributed by atoms with E-state index in [4.69, 9.17) is 18.9 Å². The number of likely N-dealkylation sites (tertiary alicyclic amines) is 2. The van der Waals surface area contributed by atoms with Gasteiger partial charge in [0, 0.05) is 50.7 Å². The minimum absolute atomic E-state index is 0.00448. The highest BCUT2D eigenvalue weighted by molar-refractivity contribution is 8.00. The van der Waals surface area contributed by atoms with Gasteiger partial charge in [-0.3, -0.25) is 9.59 Å². The van der Waals surface area contributed by atoms with Crippen molar-refractivity contribution in [3.05, 3.63) is 95.1 Å². The lowest BCUT2D eigenvalue weighted by Gasteiger charge is -2.41. The molecule has 3 amide bonds. The predicted octanol–water partition coefficient (Wildman–Crippen LogP) is 8.65. The maximum atomic E-state index is 14.6. The van der Waals surface area contributed by atoms with Gasteiger partial charge >= 0.3 is 18.2 Å². The van der Waals surface area contributed by atoms with E-state index >= 15 is 0 Å². The number of aliphatic hydroxyl groups is 1. The normalized spacial score (nSPS) is 16.7. The van der Waals surface area contributed by atoms with Gasteiger partial charge in [0.05, 0.1) is 25.0 Å². The summed E-state index contributed by atoms with van der Waals surface area (Å²) in [5.74, 6) is 1.33. The Labute approximate surface area is 380 Å². The van der Waals surface area contributed by atoms with Crippen LogP contribution in [0.25, 0.3) is 0 Å². The Morgan fingerprint density at radius 1 is 0.730 bits per heavy atom. The molecule has 0 radical (unpaired) electrons. The summed E-state index contributed by atoms with van der Waals surface area (Å²) < 4.78 is 20.8. The minimum Gasteiger partial charge on any atom is -0.497 e. The van der Waals surface area contributed by atoms with Crippen LogP contribution >= 0.6 is 23.5 Å². The van der Waals surface area contributed by atoms with Crippen molar-refractivity contribution in [3.63, 3.8) is 0 Å². The molecule has 15 heteroatoms. The van der Waals surface area contributed by atoms with Gasteiger partial charge in [-0.15, -0.1) is 23.5 Å². The van der Waals surface area contributed by atoms with Crippen molar-refractivity contribution in [3.8, 4) is 11.5 Å². The van der Waals surface area contributed by atoms with Gasteiger partial charge in [-0.2, -0.15) is 0 Å². The smallest absolute Gasteiger partial charge is 0.410 e. The van der Waals surface area contributed by atoms with Crippen LogP contribution in [0.1, 0.15) is 101 Å². The molecule has 2 fully saturated rings. The first-order chi connectivity index (χ1) is 29.9. The van der Waals surface area contributed by atoms with Gasteiger partial charge in [0.25, 0.3) is 0 Å². The molecule has 3 aromatic carbocycles. The highest BCUT2D eigenvalue weighted by Gasteiger charge is 2.46. The summed E-state index contributed by atoms with van der Waals surface area (Å²) >= 11 is 2.92. The van der Waals surface area contributed by atoms with E-state index in [0.29, 0.717) is 62.4 Å². The first-order valence-corrected chi connectivity index (χ1v) is 23.6. The van der Waals surface area contributed by atoms with Crippen LogP contribution in [0, 0.1) is 0 Å². The molecule has 0 aromatic heterocycles. The third-order valence-electron chi connectivity index (χ3n) is 11.6. The van der Waals surface area contributed by atoms with Crippen LogP contribution in [-0.2, 0) is 37.0 Å². The lowest BCUT2D eigenvalue weighted by Crippen LogP contribution is -2.54. The molecule has 2 heterocycles. The molecule has 0 saturated carbocycles. The Morgan fingerprint density at radius 3 is 1.84 bits per heavy atom. The van der Waals surface area contributed by atoms with E-state index in [2.05, 4.69) is 5.32 Å². The van der Waals surface area contributed by atoms with Gasteiger partial charge in [-0.05, 0) is 120 Å². The monoisotopic (exact) mass is 907 g/mol. The molecule has 13 nitrogen and oxygen atoms in total. The zero-order chi connectivity index (χ0) is 45.8. The van der Waals surface area contributed by atoms with E-state index in [1.54, 1.807) is 24.0 Å². The second-order valence-electron chi connectivity index (χ2n) is 17.9. The van der Waals surface area contributed by atoms with Crippen molar-refractivity contribution in [1.29, 1.82) is 0 Å². The van der Waals surface area contributed by atoms with Crippen LogP contribution in [0.3, 0.4) is 0 Å². The Morgan fingerprint density at radius 2 is 1.29 bits per heavy atom. The number of thioether (sulfide) groups is 2. The van der Waals surface area contributed by atoms with Gasteiger partial charge in [-0.25, -0.2) is 9.59 Å². The summed E-state index contributed by atoms with van der Waals surface area (Å²) in [7, 11) is 3.20. The average Bonchev–Trinajstić information content (AvgIpc) is 3.26. The van der Waals surface area contributed by atoms with Gasteiger partial charge in [0.1, 0.15) is 27.4 Å². The molecule has 344 valence electrons. The van der Waals surface area contributed by atoms with Gasteiger partial charge < -0.3 is 44.3 Å². The number of benzene rings is 3. The Bertz CT molecular complexity index is 1990. The van der Waals surface area contributed by atoms with E-state index in [1.165, 1.54) is 23.5 Å². The molecule has 0 bridgehead atoms. The van der Waals surface area contributed by atoms with Gasteiger partial charge in [0.15, 0.2) is 0 Å². The molecular formula is C48H65N3O10S2. The number of carboxylic acids is 1. The predicted molar refractivity (Wildman–Crippen MR) is 247 cm³/mol. The molecule has 2 aliphatic rings. The van der Waals surface area contributed by atoms with Gasteiger partial charge in [0.2, 0.25) is 5.91 Å². The van der Waals surface area contributed by atoms with E-state index < -0.39 is 38.9 Å². The highest BCUT2D eigenvalue weighted by atomic mass is 32.2. The zero-order valence-electron chi connectivity index (χ0n) is 37.8. The number of amides is 3. The molecule has 1 atom stereocenters. The van der Waals surface area contributed by atoms with E-state index in [-0.39, 0.29) is 44.5 Å². The van der Waals surface area contributed by atoms with Gasteiger partial charge in [-0.1, -0.05) is 48.5 Å². The molecular weight excluding hydrogens is 843 g/mol. The number of ether oxygens (including phenoxy) is 4. The number of carbonyl (C=O) groups is 4. The van der Waals surface area contributed by atoms with Crippen LogP contribution in [0.5, 0.6) is 11.5 Å². The number of carboxylic acid groups (broad SMARTS) is 1. The number of rotatable bonds is 18. The lowest BCUT2D eigenvalue weighted by molar-refractivity contribution is -0.141. The van der Waals surface area contributed by atoms with Crippen molar-refractivity contribution in [2.75, 3.05) is 47.0 Å². The maximum Gasteiger partial charge on any atom is 0.410 e. The maximum absolute atomic E-state index is 14.6. The quantitative estimate of drug-likeness (QED) is 0.112. The van der Waals surface area contributed by atoms with E-state index in [0.717, 1.165) is 28.0 Å². The lowest BCUT2D eigenvalue weighted by atomic mass is 9.93. The first kappa shape index (κ1) is 49.4. The first-order valence-electron chi connectivity index (χ1n) is 21.6. The molecule has 0 aliphatic carbocycles. The molecule has 0 unspecified atom stereocenters. The van der Waals surface area contributed by atoms with Crippen molar-refractivity contribution < 1.29 is 48.3 Å². The van der Waals surface area contributed by atoms with Crippen molar-refractivity contribution >= 4 is 47.6 Å². The number of aliphatic carboxylic acids is 1. The number of aliphatic hydroxyl groups excluding tert-OH is 1. The summed E-state index contributed by atoms with van der Waals surface area (Å²) in [6.45, 7) is 10.4. The molecule has 5 rings (SSSR count). The number of carbonyl (C=O) groups excluding carboxylic acids is 3. The summed E-state index contributed by atoms with van der Waals surface area (Å²) in [4.78, 5) is 57.3. The third kappa shape index (κ3) is 13.7. The fraction of sp³-hybridized carbons (Fsp3) is 0.542. The average molecular weight is 908 g/mol. The number of methoxy groups -OCH3 is 2. The van der Waals surface area contributed by atoms with E-state index in [1.807, 2.05) is 107 Å². The molecule has 3 N–H and O–H groups in total. The Kier molecular flexibility index (Phi) is 17.1. The number of hydrogen-bond donors (Lipinski definition) is 3. The van der Waals surface area contributed by atoms with Crippen molar-refractivity contribution in [2.45, 2.75) is 118 Å². The molecule has 63 heavy (non-hydrogen) atoms.